The molecule has 0 fully saturated rings. The first-order chi connectivity index (χ1) is 9.56. The van der Waals surface area contributed by atoms with Crippen LogP contribution in [0.5, 0.6) is 0 Å². The molecule has 1 heterocycles. The van der Waals surface area contributed by atoms with E-state index >= 15 is 0 Å². The lowest BCUT2D eigenvalue weighted by molar-refractivity contribution is -0.130. The maximum absolute atomic E-state index is 12.1. The van der Waals surface area contributed by atoms with Crippen molar-refractivity contribution in [2.24, 2.45) is 7.05 Å². The van der Waals surface area contributed by atoms with Crippen LogP contribution in [0.1, 0.15) is 23.2 Å². The molecule has 4 heteroatoms. The second-order valence-corrected chi connectivity index (χ2v) is 5.15. The summed E-state index contributed by atoms with van der Waals surface area (Å²) >= 11 is 0. The fourth-order valence-corrected chi connectivity index (χ4v) is 2.23. The fourth-order valence-electron chi connectivity index (χ4n) is 2.23. The van der Waals surface area contributed by atoms with Gasteiger partial charge in [-0.2, -0.15) is 5.10 Å². The van der Waals surface area contributed by atoms with E-state index < -0.39 is 0 Å². The van der Waals surface area contributed by atoms with Crippen LogP contribution < -0.4 is 0 Å². The summed E-state index contributed by atoms with van der Waals surface area (Å²) in [5, 5.41) is 4.30. The van der Waals surface area contributed by atoms with Crippen molar-refractivity contribution in [1.82, 2.24) is 14.7 Å². The van der Waals surface area contributed by atoms with Gasteiger partial charge in [0.1, 0.15) is 0 Å². The minimum atomic E-state index is 0.164. The van der Waals surface area contributed by atoms with Crippen LogP contribution in [-0.4, -0.2) is 27.6 Å². The van der Waals surface area contributed by atoms with Crippen molar-refractivity contribution in [1.29, 1.82) is 0 Å². The minimum absolute atomic E-state index is 0.164. The normalized spacial score (nSPS) is 10.6. The van der Waals surface area contributed by atoms with E-state index in [-0.39, 0.29) is 5.91 Å². The van der Waals surface area contributed by atoms with Gasteiger partial charge < -0.3 is 4.90 Å². The van der Waals surface area contributed by atoms with E-state index in [9.17, 15) is 4.79 Å². The maximum Gasteiger partial charge on any atom is 0.222 e. The molecule has 0 spiro atoms. The Balaban J connectivity index is 1.87. The molecule has 0 aliphatic carbocycles. The third-order valence-electron chi connectivity index (χ3n) is 3.42. The molecule has 20 heavy (non-hydrogen) atoms. The SMILES string of the molecule is Cc1nn(C)cc1CN(C)C(=O)CCc1ccccc1. The van der Waals surface area contributed by atoms with Crippen molar-refractivity contribution in [3.8, 4) is 0 Å². The highest BCUT2D eigenvalue weighted by molar-refractivity contribution is 5.76. The number of rotatable bonds is 5. The molecule has 4 nitrogen and oxygen atoms in total. The summed E-state index contributed by atoms with van der Waals surface area (Å²) in [5.74, 6) is 0.164. The molecule has 0 saturated heterocycles. The number of aromatic nitrogens is 2. The van der Waals surface area contributed by atoms with E-state index in [0.717, 1.165) is 17.7 Å². The van der Waals surface area contributed by atoms with Crippen molar-refractivity contribution in [2.45, 2.75) is 26.3 Å². The largest absolute Gasteiger partial charge is 0.341 e. The Morgan fingerprint density at radius 1 is 1.30 bits per heavy atom. The van der Waals surface area contributed by atoms with E-state index in [0.29, 0.717) is 13.0 Å². The molecule has 0 radical (unpaired) electrons. The van der Waals surface area contributed by atoms with Crippen LogP contribution in [0.25, 0.3) is 0 Å². The van der Waals surface area contributed by atoms with E-state index in [2.05, 4.69) is 17.2 Å². The number of amides is 1. The van der Waals surface area contributed by atoms with Crippen LogP contribution in [0.2, 0.25) is 0 Å². The molecular formula is C16H21N3O. The summed E-state index contributed by atoms with van der Waals surface area (Å²) in [4.78, 5) is 13.9. The molecule has 0 aliphatic rings. The first kappa shape index (κ1) is 14.3. The van der Waals surface area contributed by atoms with Gasteiger partial charge in [0, 0.05) is 38.8 Å². The molecule has 2 rings (SSSR count). The Labute approximate surface area is 120 Å². The van der Waals surface area contributed by atoms with E-state index in [1.165, 1.54) is 5.56 Å². The highest BCUT2D eigenvalue weighted by atomic mass is 16.2. The topological polar surface area (TPSA) is 38.1 Å². The zero-order valence-corrected chi connectivity index (χ0v) is 12.3. The third-order valence-corrected chi connectivity index (χ3v) is 3.42. The highest BCUT2D eigenvalue weighted by Gasteiger charge is 2.12. The smallest absolute Gasteiger partial charge is 0.222 e. The van der Waals surface area contributed by atoms with Crippen molar-refractivity contribution in [2.75, 3.05) is 7.05 Å². The number of carbonyl (C=O) groups is 1. The van der Waals surface area contributed by atoms with Gasteiger partial charge in [0.15, 0.2) is 0 Å². The zero-order valence-electron chi connectivity index (χ0n) is 12.3. The third kappa shape index (κ3) is 3.70. The fraction of sp³-hybridized carbons (Fsp3) is 0.375. The van der Waals surface area contributed by atoms with Gasteiger partial charge in [-0.15, -0.1) is 0 Å². The summed E-state index contributed by atoms with van der Waals surface area (Å²) < 4.78 is 1.78. The summed E-state index contributed by atoms with van der Waals surface area (Å²) in [5.41, 5.74) is 3.28. The van der Waals surface area contributed by atoms with Crippen LogP contribution in [0, 0.1) is 6.92 Å². The number of carbonyl (C=O) groups excluding carboxylic acids is 1. The molecule has 2 aromatic rings. The number of hydrogen-bond acceptors (Lipinski definition) is 2. The average Bonchev–Trinajstić information content (AvgIpc) is 2.75. The van der Waals surface area contributed by atoms with Crippen molar-refractivity contribution in [3.63, 3.8) is 0 Å². The van der Waals surface area contributed by atoms with Crippen molar-refractivity contribution < 1.29 is 4.79 Å². The van der Waals surface area contributed by atoms with E-state index in [1.54, 1.807) is 9.58 Å². The van der Waals surface area contributed by atoms with Crippen LogP contribution in [0.3, 0.4) is 0 Å². The second kappa shape index (κ2) is 6.37. The molecule has 0 aliphatic heterocycles. The zero-order chi connectivity index (χ0) is 14.5. The Kier molecular flexibility index (Phi) is 4.56. The molecule has 0 saturated carbocycles. The lowest BCUT2D eigenvalue weighted by Crippen LogP contribution is -2.26. The summed E-state index contributed by atoms with van der Waals surface area (Å²) in [7, 11) is 3.74. The van der Waals surface area contributed by atoms with Gasteiger partial charge in [-0.25, -0.2) is 0 Å². The van der Waals surface area contributed by atoms with Gasteiger partial charge in [0.05, 0.1) is 5.69 Å². The Bertz CT molecular complexity index is 575. The average molecular weight is 271 g/mol. The molecule has 1 aromatic heterocycles. The lowest BCUT2D eigenvalue weighted by atomic mass is 10.1. The number of aryl methyl sites for hydroxylation is 3. The lowest BCUT2D eigenvalue weighted by Gasteiger charge is -2.16. The molecule has 1 amide bonds. The molecule has 0 unspecified atom stereocenters. The highest BCUT2D eigenvalue weighted by Crippen LogP contribution is 2.10. The van der Waals surface area contributed by atoms with Gasteiger partial charge in [0.2, 0.25) is 5.91 Å². The van der Waals surface area contributed by atoms with Gasteiger partial charge in [-0.3, -0.25) is 9.48 Å². The molecule has 0 bridgehead atoms. The van der Waals surface area contributed by atoms with Crippen LogP contribution in [0.4, 0.5) is 0 Å². The number of hydrogen-bond donors (Lipinski definition) is 0. The summed E-state index contributed by atoms with van der Waals surface area (Å²) in [6.07, 6.45) is 3.30. The first-order valence-electron chi connectivity index (χ1n) is 6.83. The van der Waals surface area contributed by atoms with Gasteiger partial charge in [0.25, 0.3) is 0 Å². The van der Waals surface area contributed by atoms with Crippen LogP contribution >= 0.6 is 0 Å². The molecule has 106 valence electrons. The standard InChI is InChI=1S/C16H21N3O/c1-13-15(12-19(3)17-13)11-18(2)16(20)10-9-14-7-5-4-6-8-14/h4-8,12H,9-11H2,1-3H3. The first-order valence-corrected chi connectivity index (χ1v) is 6.83. The van der Waals surface area contributed by atoms with Crippen molar-refractivity contribution >= 4 is 5.91 Å². The van der Waals surface area contributed by atoms with Gasteiger partial charge >= 0.3 is 0 Å². The number of benzene rings is 1. The molecule has 1 aromatic carbocycles. The summed E-state index contributed by atoms with van der Waals surface area (Å²) in [6, 6.07) is 10.1. The monoisotopic (exact) mass is 271 g/mol. The second-order valence-electron chi connectivity index (χ2n) is 5.15. The quantitative estimate of drug-likeness (QED) is 0.837. The molecule has 0 atom stereocenters. The Morgan fingerprint density at radius 3 is 2.60 bits per heavy atom. The number of nitrogens with zero attached hydrogens (tertiary/aromatic N) is 3. The van der Waals surface area contributed by atoms with Crippen LogP contribution in [-0.2, 0) is 24.8 Å². The van der Waals surface area contributed by atoms with Gasteiger partial charge in [-0.05, 0) is 18.9 Å². The van der Waals surface area contributed by atoms with E-state index in [4.69, 9.17) is 0 Å². The maximum atomic E-state index is 12.1. The predicted molar refractivity (Wildman–Crippen MR) is 79.2 cm³/mol. The predicted octanol–water partition coefficient (Wildman–Crippen LogP) is 2.32. The minimum Gasteiger partial charge on any atom is -0.341 e. The Hall–Kier alpha value is -2.10. The van der Waals surface area contributed by atoms with Crippen LogP contribution in [0.15, 0.2) is 36.5 Å². The molecular weight excluding hydrogens is 250 g/mol. The van der Waals surface area contributed by atoms with Gasteiger partial charge in [-0.1, -0.05) is 30.3 Å². The van der Waals surface area contributed by atoms with Crippen molar-refractivity contribution in [3.05, 3.63) is 53.3 Å². The Morgan fingerprint density at radius 2 is 2.00 bits per heavy atom. The summed E-state index contributed by atoms with van der Waals surface area (Å²) in [6.45, 7) is 2.59. The molecule has 0 N–H and O–H groups in total. The van der Waals surface area contributed by atoms with E-state index in [1.807, 2.05) is 45.4 Å².